The van der Waals surface area contributed by atoms with Crippen molar-refractivity contribution in [3.8, 4) is 0 Å². The SMILES string of the molecule is CC(C(=O)N(C)Cc1ccccc1N1CCCCC1)n1c(=S)[nH]c2ccccc2c1=O. The summed E-state index contributed by atoms with van der Waals surface area (Å²) in [5.74, 6) is -0.148. The molecule has 0 saturated carbocycles. The lowest BCUT2D eigenvalue weighted by atomic mass is 10.1. The number of amides is 1. The van der Waals surface area contributed by atoms with Gasteiger partial charge in [-0.25, -0.2) is 0 Å². The summed E-state index contributed by atoms with van der Waals surface area (Å²) in [4.78, 5) is 33.5. The molecule has 7 heteroatoms. The molecule has 162 valence electrons. The number of carbonyl (C=O) groups is 1. The molecule has 3 aromatic rings. The van der Waals surface area contributed by atoms with Gasteiger partial charge in [-0.3, -0.25) is 14.2 Å². The monoisotopic (exact) mass is 436 g/mol. The largest absolute Gasteiger partial charge is 0.371 e. The summed E-state index contributed by atoms with van der Waals surface area (Å²) in [5, 5.41) is 0.522. The zero-order valence-corrected chi connectivity index (χ0v) is 18.8. The second kappa shape index (κ2) is 9.06. The summed E-state index contributed by atoms with van der Waals surface area (Å²) >= 11 is 5.41. The van der Waals surface area contributed by atoms with E-state index in [1.54, 1.807) is 31.0 Å². The molecule has 2 aromatic carbocycles. The number of hydrogen-bond acceptors (Lipinski definition) is 4. The van der Waals surface area contributed by atoms with Gasteiger partial charge in [-0.2, -0.15) is 0 Å². The lowest BCUT2D eigenvalue weighted by Crippen LogP contribution is -2.38. The Morgan fingerprint density at radius 2 is 1.77 bits per heavy atom. The molecule has 0 aliphatic carbocycles. The van der Waals surface area contributed by atoms with E-state index in [-0.39, 0.29) is 16.2 Å². The lowest BCUT2D eigenvalue weighted by Gasteiger charge is -2.32. The number of nitrogens with one attached hydrogen (secondary N) is 1. The van der Waals surface area contributed by atoms with Gasteiger partial charge in [0.25, 0.3) is 5.56 Å². The highest BCUT2D eigenvalue weighted by Crippen LogP contribution is 2.25. The average molecular weight is 437 g/mol. The number of hydrogen-bond donors (Lipinski definition) is 1. The van der Waals surface area contributed by atoms with Gasteiger partial charge in [0.2, 0.25) is 5.91 Å². The third-order valence-corrected chi connectivity index (χ3v) is 6.35. The number of rotatable bonds is 5. The van der Waals surface area contributed by atoms with Crippen LogP contribution in [0.1, 0.15) is 37.8 Å². The zero-order chi connectivity index (χ0) is 22.0. The van der Waals surface area contributed by atoms with Crippen molar-refractivity contribution in [3.63, 3.8) is 0 Å². The van der Waals surface area contributed by atoms with E-state index in [2.05, 4.69) is 22.0 Å². The Morgan fingerprint density at radius 3 is 2.55 bits per heavy atom. The molecule has 1 fully saturated rings. The molecule has 0 radical (unpaired) electrons. The smallest absolute Gasteiger partial charge is 0.262 e. The molecular formula is C24H28N4O2S. The fourth-order valence-corrected chi connectivity index (χ4v) is 4.73. The Hall–Kier alpha value is -2.93. The predicted molar refractivity (Wildman–Crippen MR) is 127 cm³/mol. The van der Waals surface area contributed by atoms with Crippen LogP contribution >= 0.6 is 12.2 Å². The molecule has 1 unspecified atom stereocenters. The maximum Gasteiger partial charge on any atom is 0.262 e. The Morgan fingerprint density at radius 1 is 1.10 bits per heavy atom. The van der Waals surface area contributed by atoms with Gasteiger partial charge in [0.1, 0.15) is 6.04 Å². The van der Waals surface area contributed by atoms with Gasteiger partial charge in [0.15, 0.2) is 4.77 Å². The minimum absolute atomic E-state index is 0.148. The number of piperidine rings is 1. The highest BCUT2D eigenvalue weighted by Gasteiger charge is 2.23. The molecule has 1 saturated heterocycles. The number of aromatic nitrogens is 2. The van der Waals surface area contributed by atoms with Crippen molar-refractivity contribution in [1.82, 2.24) is 14.5 Å². The average Bonchev–Trinajstić information content (AvgIpc) is 2.79. The van der Waals surface area contributed by atoms with E-state index in [0.717, 1.165) is 18.7 Å². The molecule has 1 aliphatic heterocycles. The van der Waals surface area contributed by atoms with Crippen LogP contribution in [0.15, 0.2) is 53.3 Å². The fourth-order valence-electron chi connectivity index (χ4n) is 4.38. The molecule has 0 spiro atoms. The van der Waals surface area contributed by atoms with Crippen LogP contribution in [0.25, 0.3) is 10.9 Å². The van der Waals surface area contributed by atoms with E-state index in [1.807, 2.05) is 24.3 Å². The number of H-pyrrole nitrogens is 1. The predicted octanol–water partition coefficient (Wildman–Crippen LogP) is 4.27. The summed E-state index contributed by atoms with van der Waals surface area (Å²) < 4.78 is 1.64. The zero-order valence-electron chi connectivity index (χ0n) is 18.0. The first-order valence-electron chi connectivity index (χ1n) is 10.8. The molecule has 1 atom stereocenters. The minimum atomic E-state index is -0.701. The van der Waals surface area contributed by atoms with Crippen molar-refractivity contribution >= 4 is 34.7 Å². The molecule has 2 heterocycles. The molecule has 0 bridgehead atoms. The van der Waals surface area contributed by atoms with E-state index in [0.29, 0.717) is 17.4 Å². The van der Waals surface area contributed by atoms with E-state index in [1.165, 1.54) is 29.5 Å². The maximum atomic E-state index is 13.3. The molecule has 1 aromatic heterocycles. The van der Waals surface area contributed by atoms with Gasteiger partial charge >= 0.3 is 0 Å². The minimum Gasteiger partial charge on any atom is -0.371 e. The van der Waals surface area contributed by atoms with Crippen molar-refractivity contribution in [1.29, 1.82) is 0 Å². The molecule has 31 heavy (non-hydrogen) atoms. The van der Waals surface area contributed by atoms with Crippen molar-refractivity contribution in [2.45, 2.75) is 38.8 Å². The summed E-state index contributed by atoms with van der Waals surface area (Å²) in [7, 11) is 1.78. The quantitative estimate of drug-likeness (QED) is 0.607. The maximum absolute atomic E-state index is 13.3. The van der Waals surface area contributed by atoms with Crippen LogP contribution in [0.2, 0.25) is 0 Å². The number of benzene rings is 2. The first-order valence-corrected chi connectivity index (χ1v) is 11.2. The highest BCUT2D eigenvalue weighted by atomic mass is 32.1. The van der Waals surface area contributed by atoms with Crippen molar-refractivity contribution in [2.24, 2.45) is 0 Å². The Balaban J connectivity index is 1.59. The number of likely N-dealkylation sites (N-methyl/N-ethyl adjacent to an activating group) is 1. The van der Waals surface area contributed by atoms with E-state index in [4.69, 9.17) is 12.2 Å². The molecule has 4 rings (SSSR count). The second-order valence-electron chi connectivity index (χ2n) is 8.20. The van der Waals surface area contributed by atoms with E-state index < -0.39 is 6.04 Å². The topological polar surface area (TPSA) is 61.3 Å². The van der Waals surface area contributed by atoms with Crippen LogP contribution < -0.4 is 10.5 Å². The van der Waals surface area contributed by atoms with Crippen LogP contribution in [0.3, 0.4) is 0 Å². The number of anilines is 1. The summed E-state index contributed by atoms with van der Waals surface area (Å²) in [6.45, 7) is 4.31. The number of para-hydroxylation sites is 2. The fraction of sp³-hybridized carbons (Fsp3) is 0.375. The van der Waals surface area contributed by atoms with E-state index in [9.17, 15) is 9.59 Å². The molecule has 1 amide bonds. The highest BCUT2D eigenvalue weighted by molar-refractivity contribution is 7.71. The Kier molecular flexibility index (Phi) is 6.23. The van der Waals surface area contributed by atoms with Gasteiger partial charge in [-0.05, 0) is 62.2 Å². The third kappa shape index (κ3) is 4.28. The van der Waals surface area contributed by atoms with Gasteiger partial charge in [0.05, 0.1) is 10.9 Å². The standard InChI is InChI=1S/C24H28N4O2S/c1-17(28-23(30)19-11-5-6-12-20(19)25-24(28)31)22(29)26(2)16-18-10-4-7-13-21(18)27-14-8-3-9-15-27/h4-7,10-13,17H,3,8-9,14-16H2,1-2H3,(H,25,31). The Bertz CT molecular complexity index is 1210. The second-order valence-corrected chi connectivity index (χ2v) is 8.58. The normalized spacial score (nSPS) is 15.1. The number of carbonyl (C=O) groups excluding carboxylic acids is 1. The third-order valence-electron chi connectivity index (χ3n) is 6.05. The number of fused-ring (bicyclic) bond motifs is 1. The number of aromatic amines is 1. The van der Waals surface area contributed by atoms with Crippen LogP contribution in [0.4, 0.5) is 5.69 Å². The summed E-state index contributed by atoms with van der Waals surface area (Å²) in [6, 6.07) is 14.8. The summed E-state index contributed by atoms with van der Waals surface area (Å²) in [5.41, 5.74) is 2.73. The Labute approximate surface area is 187 Å². The number of nitrogens with zero attached hydrogens (tertiary/aromatic N) is 3. The first-order chi connectivity index (χ1) is 15.0. The first kappa shape index (κ1) is 21.3. The van der Waals surface area contributed by atoms with Gasteiger partial charge in [-0.1, -0.05) is 30.3 Å². The molecular weight excluding hydrogens is 408 g/mol. The van der Waals surface area contributed by atoms with Crippen LogP contribution in [0, 0.1) is 4.77 Å². The van der Waals surface area contributed by atoms with Gasteiger partial charge < -0.3 is 14.8 Å². The molecule has 6 nitrogen and oxygen atoms in total. The van der Waals surface area contributed by atoms with Gasteiger partial charge in [-0.15, -0.1) is 0 Å². The van der Waals surface area contributed by atoms with Crippen molar-refractivity contribution in [3.05, 3.63) is 69.2 Å². The van der Waals surface area contributed by atoms with Crippen LogP contribution in [-0.4, -0.2) is 40.5 Å². The van der Waals surface area contributed by atoms with Crippen LogP contribution in [-0.2, 0) is 11.3 Å². The molecule has 1 aliphatic rings. The lowest BCUT2D eigenvalue weighted by molar-refractivity contribution is -0.133. The van der Waals surface area contributed by atoms with Crippen molar-refractivity contribution in [2.75, 3.05) is 25.0 Å². The van der Waals surface area contributed by atoms with Crippen molar-refractivity contribution < 1.29 is 4.79 Å². The summed E-state index contributed by atoms with van der Waals surface area (Å²) in [6.07, 6.45) is 3.67. The van der Waals surface area contributed by atoms with E-state index >= 15 is 0 Å². The van der Waals surface area contributed by atoms with Crippen LogP contribution in [0.5, 0.6) is 0 Å². The molecule has 1 N–H and O–H groups in total. The van der Waals surface area contributed by atoms with Gasteiger partial charge in [0, 0.05) is 32.4 Å².